The molecule has 0 aromatic rings. The number of rotatable bonds is 7. The zero-order valence-electron chi connectivity index (χ0n) is 13.8. The van der Waals surface area contributed by atoms with Crippen molar-refractivity contribution >= 4 is 5.97 Å². The van der Waals surface area contributed by atoms with Crippen LogP contribution in [0, 0.1) is 0 Å². The number of carboxylic acids is 1. The number of carboxylic acid groups (broad SMARTS) is 1. The third kappa shape index (κ3) is 3.74. The van der Waals surface area contributed by atoms with Crippen LogP contribution in [0.1, 0.15) is 1.43 Å². The molecule has 0 spiro atoms. The standard InChI is InChI=1S/C9HF17O2.Na.H/c10-2(11,1(27)28)3(12,13)4(14,15)5(16,17)6(18,19)7(20,21)8(22,23)9(24,25)26;;/h(H,27,28);;/q;+1;-1. The van der Waals surface area contributed by atoms with E-state index in [4.69, 9.17) is 5.11 Å². The van der Waals surface area contributed by atoms with Gasteiger partial charge in [0.05, 0.1) is 0 Å². The molecule has 0 aliphatic heterocycles. The van der Waals surface area contributed by atoms with Crippen molar-refractivity contribution in [1.29, 1.82) is 0 Å². The van der Waals surface area contributed by atoms with Gasteiger partial charge in [0, 0.05) is 0 Å². The first-order valence-electron chi connectivity index (χ1n) is 5.64. The second-order valence-electron chi connectivity index (χ2n) is 4.82. The van der Waals surface area contributed by atoms with Crippen molar-refractivity contribution in [3.63, 3.8) is 0 Å². The Morgan fingerprint density at radius 1 is 0.483 bits per heavy atom. The average molecular weight is 488 g/mol. The summed E-state index contributed by atoms with van der Waals surface area (Å²) in [6, 6.07) is 0. The summed E-state index contributed by atoms with van der Waals surface area (Å²) in [5.41, 5.74) is 0. The zero-order chi connectivity index (χ0) is 23.6. The summed E-state index contributed by atoms with van der Waals surface area (Å²) in [5.74, 6) is -62.9. The van der Waals surface area contributed by atoms with Gasteiger partial charge in [0.15, 0.2) is 0 Å². The topological polar surface area (TPSA) is 37.3 Å². The van der Waals surface area contributed by atoms with Crippen LogP contribution in [0.5, 0.6) is 0 Å². The summed E-state index contributed by atoms with van der Waals surface area (Å²) in [4.78, 5) is 9.77. The van der Waals surface area contributed by atoms with Crippen LogP contribution in [0.3, 0.4) is 0 Å². The Bertz CT molecular complexity index is 627. The van der Waals surface area contributed by atoms with Crippen LogP contribution in [0.15, 0.2) is 0 Å². The second-order valence-corrected chi connectivity index (χ2v) is 4.82. The predicted octanol–water partition coefficient (Wildman–Crippen LogP) is 2.20. The zero-order valence-corrected chi connectivity index (χ0v) is 14.8. The molecule has 0 amide bonds. The average Bonchev–Trinajstić information content (AvgIpc) is 2.44. The first-order valence-corrected chi connectivity index (χ1v) is 5.64. The van der Waals surface area contributed by atoms with Gasteiger partial charge in [-0.05, 0) is 0 Å². The molecule has 0 unspecified atom stereocenters. The minimum Gasteiger partial charge on any atom is -1.00 e. The van der Waals surface area contributed by atoms with E-state index in [1.807, 2.05) is 0 Å². The molecule has 0 bridgehead atoms. The van der Waals surface area contributed by atoms with Crippen LogP contribution < -0.4 is 29.6 Å². The summed E-state index contributed by atoms with van der Waals surface area (Å²) in [7, 11) is 0. The summed E-state index contributed by atoms with van der Waals surface area (Å²) < 4.78 is 214. The van der Waals surface area contributed by atoms with Gasteiger partial charge in [0.25, 0.3) is 0 Å². The maximum Gasteiger partial charge on any atom is 1.00 e. The van der Waals surface area contributed by atoms with E-state index in [0.717, 1.165) is 0 Å². The summed E-state index contributed by atoms with van der Waals surface area (Å²) in [5, 5.41) is 7.59. The van der Waals surface area contributed by atoms with Gasteiger partial charge in [-0.25, -0.2) is 4.79 Å². The van der Waals surface area contributed by atoms with Crippen molar-refractivity contribution < 1.29 is 116 Å². The van der Waals surface area contributed by atoms with E-state index in [9.17, 15) is 79.4 Å². The molecule has 0 heterocycles. The van der Waals surface area contributed by atoms with Gasteiger partial charge < -0.3 is 6.53 Å². The molecule has 0 fully saturated rings. The normalized spacial score (nSPS) is 15.8. The van der Waals surface area contributed by atoms with Crippen LogP contribution in [-0.4, -0.2) is 58.7 Å². The van der Waals surface area contributed by atoms with E-state index in [1.165, 1.54) is 0 Å². The first kappa shape index (κ1) is 30.5. The number of aliphatic carboxylic acids is 1. The Morgan fingerprint density at radius 2 is 0.690 bits per heavy atom. The van der Waals surface area contributed by atoms with Crippen LogP contribution in [0.2, 0.25) is 0 Å². The number of hydrogen-bond donors (Lipinski definition) is 1. The van der Waals surface area contributed by atoms with Crippen molar-refractivity contribution in [2.24, 2.45) is 0 Å². The number of carbonyl (C=O) groups is 1. The molecule has 29 heavy (non-hydrogen) atoms. The van der Waals surface area contributed by atoms with E-state index in [2.05, 4.69) is 0 Å². The summed E-state index contributed by atoms with van der Waals surface area (Å²) in [6.45, 7) is 0. The smallest absolute Gasteiger partial charge is 1.00 e. The molecule has 0 saturated carbocycles. The summed E-state index contributed by atoms with van der Waals surface area (Å²) in [6.07, 6.45) is -7.83. The van der Waals surface area contributed by atoms with Crippen LogP contribution in [-0.2, 0) is 4.79 Å². The van der Waals surface area contributed by atoms with E-state index in [1.54, 1.807) is 0 Å². The van der Waals surface area contributed by atoms with Gasteiger partial charge in [-0.15, -0.1) is 0 Å². The van der Waals surface area contributed by atoms with Gasteiger partial charge in [-0.2, -0.15) is 74.6 Å². The monoisotopic (exact) mass is 488 g/mol. The summed E-state index contributed by atoms with van der Waals surface area (Å²) >= 11 is 0. The number of halogens is 17. The third-order valence-corrected chi connectivity index (χ3v) is 2.99. The van der Waals surface area contributed by atoms with E-state index < -0.39 is 53.6 Å². The molecule has 0 aliphatic rings. The van der Waals surface area contributed by atoms with Crippen LogP contribution in [0.4, 0.5) is 74.6 Å². The van der Waals surface area contributed by atoms with Crippen LogP contribution in [0.25, 0.3) is 0 Å². The molecule has 0 aromatic carbocycles. The predicted molar refractivity (Wildman–Crippen MR) is 49.4 cm³/mol. The van der Waals surface area contributed by atoms with Gasteiger partial charge in [-0.3, -0.25) is 0 Å². The Labute approximate surface area is 169 Å². The quantitative estimate of drug-likeness (QED) is 0.441. The van der Waals surface area contributed by atoms with Crippen molar-refractivity contribution in [2.75, 3.05) is 0 Å². The molecule has 170 valence electrons. The molecule has 0 saturated heterocycles. The minimum atomic E-state index is -8.76. The molecule has 0 atom stereocenters. The van der Waals surface area contributed by atoms with Crippen molar-refractivity contribution in [1.82, 2.24) is 0 Å². The van der Waals surface area contributed by atoms with Gasteiger partial charge in [-0.1, -0.05) is 0 Å². The van der Waals surface area contributed by atoms with Gasteiger partial charge in [0.1, 0.15) is 0 Å². The van der Waals surface area contributed by atoms with Gasteiger partial charge >= 0.3 is 83.2 Å². The van der Waals surface area contributed by atoms with Crippen molar-refractivity contribution in [3.05, 3.63) is 0 Å². The van der Waals surface area contributed by atoms with Crippen LogP contribution >= 0.6 is 0 Å². The largest absolute Gasteiger partial charge is 1.00 e. The molecular formula is C9H2F17NaO2. The Balaban J connectivity index is -0.00000364. The molecule has 0 rings (SSSR count). The fourth-order valence-corrected chi connectivity index (χ4v) is 1.30. The molecule has 0 aromatic heterocycles. The van der Waals surface area contributed by atoms with E-state index in [0.29, 0.717) is 0 Å². The Morgan fingerprint density at radius 3 is 0.897 bits per heavy atom. The molecule has 2 nitrogen and oxygen atoms in total. The fraction of sp³-hybridized carbons (Fsp3) is 0.889. The third-order valence-electron chi connectivity index (χ3n) is 2.99. The molecule has 0 radical (unpaired) electrons. The molecular weight excluding hydrogens is 486 g/mol. The SMILES string of the molecule is O=C(O)C(F)(F)C(F)(F)C(F)(F)C(F)(F)C(F)(F)C(F)(F)C(F)(F)C(F)(F)F.[H-].[Na+]. The van der Waals surface area contributed by atoms with E-state index >= 15 is 0 Å². The fourth-order valence-electron chi connectivity index (χ4n) is 1.30. The molecule has 20 heteroatoms. The maximum atomic E-state index is 13.0. The first-order chi connectivity index (χ1) is 11.7. The van der Waals surface area contributed by atoms with Gasteiger partial charge in [0.2, 0.25) is 0 Å². The minimum absolute atomic E-state index is 0. The molecule has 1 N–H and O–H groups in total. The number of alkyl halides is 17. The van der Waals surface area contributed by atoms with E-state index in [-0.39, 0.29) is 31.0 Å². The van der Waals surface area contributed by atoms with Crippen molar-refractivity contribution in [3.8, 4) is 0 Å². The Kier molecular flexibility index (Phi) is 7.83. The molecule has 0 aliphatic carbocycles. The Hall–Kier alpha value is -0.720. The maximum absolute atomic E-state index is 13.0. The van der Waals surface area contributed by atoms with Crippen molar-refractivity contribution in [2.45, 2.75) is 47.6 Å². The second kappa shape index (κ2) is 7.45. The number of hydrogen-bond acceptors (Lipinski definition) is 1.